The molecule has 0 radical (unpaired) electrons. The van der Waals surface area contributed by atoms with Crippen LogP contribution in [0.3, 0.4) is 0 Å². The number of carbonyl (C=O) groups excluding carboxylic acids is 2. The van der Waals surface area contributed by atoms with E-state index in [2.05, 4.69) is 25.2 Å². The molecule has 0 atom stereocenters. The Balaban J connectivity index is 1.73. The summed E-state index contributed by atoms with van der Waals surface area (Å²) in [5, 5.41) is 12.2. The number of aromatic nitrogens is 4. The molecule has 0 unspecified atom stereocenters. The van der Waals surface area contributed by atoms with Crippen molar-refractivity contribution in [3.8, 4) is 11.4 Å². The van der Waals surface area contributed by atoms with Gasteiger partial charge in [0.05, 0.1) is 19.2 Å². The van der Waals surface area contributed by atoms with Gasteiger partial charge in [-0.2, -0.15) is 5.10 Å². The summed E-state index contributed by atoms with van der Waals surface area (Å²) in [4.78, 5) is 26.1. The number of nitrogens with zero attached hydrogens (tertiary/aromatic N) is 3. The number of nitrogens with one attached hydrogen (secondary N) is 2. The van der Waals surface area contributed by atoms with Crippen molar-refractivity contribution < 1.29 is 14.3 Å². The zero-order valence-electron chi connectivity index (χ0n) is 16.2. The fourth-order valence-electron chi connectivity index (χ4n) is 2.66. The van der Waals surface area contributed by atoms with E-state index < -0.39 is 5.97 Å². The zero-order chi connectivity index (χ0) is 20.5. The second-order valence-corrected chi connectivity index (χ2v) is 7.80. The Bertz CT molecular complexity index is 1010. The molecule has 1 amide bonds. The van der Waals surface area contributed by atoms with Crippen molar-refractivity contribution in [2.24, 2.45) is 0 Å². The number of hydrogen-bond donors (Lipinski definition) is 2. The van der Waals surface area contributed by atoms with Crippen molar-refractivity contribution in [1.82, 2.24) is 19.8 Å². The molecule has 148 valence electrons. The molecule has 9 heteroatoms. The van der Waals surface area contributed by atoms with E-state index >= 15 is 0 Å². The van der Waals surface area contributed by atoms with Crippen molar-refractivity contribution in [2.75, 3.05) is 12.4 Å². The summed E-state index contributed by atoms with van der Waals surface area (Å²) in [6.07, 6.45) is 0.113. The van der Waals surface area contributed by atoms with Gasteiger partial charge < -0.3 is 15.0 Å². The summed E-state index contributed by atoms with van der Waals surface area (Å²) < 4.78 is 6.02. The molecule has 2 heterocycles. The second kappa shape index (κ2) is 7.63. The Hall–Kier alpha value is -2.87. The molecule has 0 aliphatic carbocycles. The van der Waals surface area contributed by atoms with Crippen LogP contribution >= 0.6 is 11.6 Å². The number of methoxy groups -OCH3 is 1. The van der Waals surface area contributed by atoms with Gasteiger partial charge in [0, 0.05) is 23.1 Å². The smallest absolute Gasteiger partial charge is 0.306 e. The number of halogens is 1. The molecule has 3 aromatic rings. The molecule has 1 aromatic carbocycles. The fourth-order valence-corrected chi connectivity index (χ4v) is 3.10. The Morgan fingerprint density at radius 1 is 1.18 bits per heavy atom. The Morgan fingerprint density at radius 2 is 1.86 bits per heavy atom. The van der Waals surface area contributed by atoms with Gasteiger partial charge in [0.25, 0.3) is 0 Å². The van der Waals surface area contributed by atoms with Crippen molar-refractivity contribution in [3.63, 3.8) is 0 Å². The quantitative estimate of drug-likeness (QED) is 0.634. The monoisotopic (exact) mass is 403 g/mol. The summed E-state index contributed by atoms with van der Waals surface area (Å²) in [6, 6.07) is 7.18. The number of carbonyl (C=O) groups is 2. The molecule has 8 nitrogen and oxygen atoms in total. The molecule has 0 aliphatic heterocycles. The van der Waals surface area contributed by atoms with Gasteiger partial charge >= 0.3 is 5.97 Å². The molecule has 3 rings (SSSR count). The average Bonchev–Trinajstić information content (AvgIpc) is 3.19. The number of fused-ring (bicyclic) bond motifs is 1. The Labute approximate surface area is 167 Å². The van der Waals surface area contributed by atoms with Crippen molar-refractivity contribution >= 4 is 34.8 Å². The summed E-state index contributed by atoms with van der Waals surface area (Å²) in [7, 11) is 1.29. The van der Waals surface area contributed by atoms with Gasteiger partial charge in [-0.25, -0.2) is 0 Å². The van der Waals surface area contributed by atoms with Crippen LogP contribution in [0.25, 0.3) is 17.0 Å². The number of aromatic amines is 1. The van der Waals surface area contributed by atoms with Crippen molar-refractivity contribution in [2.45, 2.75) is 39.0 Å². The molecule has 0 saturated heterocycles. The largest absolute Gasteiger partial charge is 0.469 e. The molecule has 0 fully saturated rings. The predicted octanol–water partition coefficient (Wildman–Crippen LogP) is 3.57. The number of hydrogen-bond acceptors (Lipinski definition) is 5. The fraction of sp³-hybridized carbons (Fsp3) is 0.368. The number of esters is 1. The average molecular weight is 404 g/mol. The first-order chi connectivity index (χ1) is 13.2. The molecule has 0 bridgehead atoms. The minimum Gasteiger partial charge on any atom is -0.469 e. The molecule has 28 heavy (non-hydrogen) atoms. The summed E-state index contributed by atoms with van der Waals surface area (Å²) >= 11 is 6.45. The number of rotatable bonds is 5. The van der Waals surface area contributed by atoms with Gasteiger partial charge in [-0.15, -0.1) is 9.73 Å². The number of anilines is 1. The number of benzene rings is 1. The van der Waals surface area contributed by atoms with Gasteiger partial charge in [-0.1, -0.05) is 32.4 Å². The molecule has 2 N–H and O–H groups in total. The van der Waals surface area contributed by atoms with Crippen LogP contribution in [0, 0.1) is 0 Å². The molecule has 0 spiro atoms. The van der Waals surface area contributed by atoms with E-state index in [1.54, 1.807) is 12.1 Å². The maximum Gasteiger partial charge on any atom is 0.306 e. The van der Waals surface area contributed by atoms with Crippen LogP contribution in [0.2, 0.25) is 5.02 Å². The molecular formula is C19H22ClN5O3. The van der Waals surface area contributed by atoms with Gasteiger partial charge in [-0.3, -0.25) is 9.59 Å². The lowest BCUT2D eigenvalue weighted by atomic mass is 9.92. The maximum absolute atomic E-state index is 11.9. The SMILES string of the molecule is COC(=O)CCC(=O)Nc1ccc(-c2nn3nc(C(C)(C)C)c(Cl)c3[nH]2)cc1. The molecule has 0 saturated carbocycles. The standard InChI is InChI=1S/C19H22ClN5O3/c1-19(2,3)16-15(20)18-22-17(24-25(18)23-16)11-5-7-12(8-6-11)21-13(26)9-10-14(27)28-4/h5-8H,9-10H2,1-4H3,(H,21,26)(H,22,24). The highest BCUT2D eigenvalue weighted by Gasteiger charge is 2.25. The highest BCUT2D eigenvalue weighted by atomic mass is 35.5. The van der Waals surface area contributed by atoms with Crippen molar-refractivity contribution in [1.29, 1.82) is 0 Å². The van der Waals surface area contributed by atoms with E-state index in [4.69, 9.17) is 11.6 Å². The third kappa shape index (κ3) is 4.17. The van der Waals surface area contributed by atoms with Crippen LogP contribution in [-0.2, 0) is 19.7 Å². The lowest BCUT2D eigenvalue weighted by molar-refractivity contribution is -0.141. The van der Waals surface area contributed by atoms with Gasteiger partial charge in [-0.05, 0) is 24.3 Å². The number of H-pyrrole nitrogens is 1. The molecule has 2 aromatic heterocycles. The van der Waals surface area contributed by atoms with Gasteiger partial charge in [0.1, 0.15) is 5.02 Å². The number of amides is 1. The number of ether oxygens (including phenoxy) is 1. The van der Waals surface area contributed by atoms with Crippen LogP contribution in [0.1, 0.15) is 39.3 Å². The van der Waals surface area contributed by atoms with E-state index in [1.807, 2.05) is 32.9 Å². The van der Waals surface area contributed by atoms with E-state index in [0.717, 1.165) is 11.3 Å². The van der Waals surface area contributed by atoms with Crippen LogP contribution in [0.5, 0.6) is 0 Å². The lowest BCUT2D eigenvalue weighted by Crippen LogP contribution is -2.13. The summed E-state index contributed by atoms with van der Waals surface area (Å²) in [6.45, 7) is 6.12. The third-order valence-electron chi connectivity index (χ3n) is 4.18. The minimum atomic E-state index is -0.415. The van der Waals surface area contributed by atoms with Gasteiger partial charge in [0.15, 0.2) is 11.5 Å². The molecule has 0 aliphatic rings. The predicted molar refractivity (Wildman–Crippen MR) is 106 cm³/mol. The summed E-state index contributed by atoms with van der Waals surface area (Å²) in [5.74, 6) is -0.0499. The van der Waals surface area contributed by atoms with Gasteiger partial charge in [0.2, 0.25) is 5.91 Å². The van der Waals surface area contributed by atoms with E-state index in [1.165, 1.54) is 11.7 Å². The topological polar surface area (TPSA) is 101 Å². The Morgan fingerprint density at radius 3 is 2.43 bits per heavy atom. The Kier molecular flexibility index (Phi) is 5.42. The zero-order valence-corrected chi connectivity index (χ0v) is 16.9. The summed E-state index contributed by atoms with van der Waals surface area (Å²) in [5.41, 5.74) is 2.69. The van der Waals surface area contributed by atoms with Crippen LogP contribution in [0.15, 0.2) is 24.3 Å². The molecular weight excluding hydrogens is 382 g/mol. The third-order valence-corrected chi connectivity index (χ3v) is 4.54. The van der Waals surface area contributed by atoms with E-state index in [-0.39, 0.29) is 24.2 Å². The van der Waals surface area contributed by atoms with Crippen LogP contribution in [0.4, 0.5) is 5.69 Å². The van der Waals surface area contributed by atoms with E-state index in [0.29, 0.717) is 22.2 Å². The van der Waals surface area contributed by atoms with Crippen LogP contribution < -0.4 is 5.32 Å². The highest BCUT2D eigenvalue weighted by Crippen LogP contribution is 2.31. The first kappa shape index (κ1) is 19.9. The highest BCUT2D eigenvalue weighted by molar-refractivity contribution is 6.34. The first-order valence-corrected chi connectivity index (χ1v) is 9.19. The maximum atomic E-state index is 11.9. The van der Waals surface area contributed by atoms with Crippen LogP contribution in [-0.4, -0.2) is 38.8 Å². The minimum absolute atomic E-state index is 0.0456. The van der Waals surface area contributed by atoms with E-state index in [9.17, 15) is 9.59 Å². The normalized spacial score (nSPS) is 11.6. The van der Waals surface area contributed by atoms with Crippen molar-refractivity contribution in [3.05, 3.63) is 35.0 Å². The first-order valence-electron chi connectivity index (χ1n) is 8.81. The lowest BCUT2D eigenvalue weighted by Gasteiger charge is -2.14. The second-order valence-electron chi connectivity index (χ2n) is 7.43.